The van der Waals surface area contributed by atoms with E-state index in [1.54, 1.807) is 0 Å². The molecule has 1 aliphatic rings. The Morgan fingerprint density at radius 1 is 1.50 bits per heavy atom. The SMILES string of the molecule is CCNCC1CCCN1c1nc(C(F)(F)F)ns1. The van der Waals surface area contributed by atoms with Gasteiger partial charge >= 0.3 is 6.18 Å². The molecule has 0 aliphatic carbocycles. The zero-order chi connectivity index (χ0) is 13.2. The highest BCUT2D eigenvalue weighted by Gasteiger charge is 2.37. The first-order chi connectivity index (χ1) is 8.52. The lowest BCUT2D eigenvalue weighted by Gasteiger charge is -2.23. The second kappa shape index (κ2) is 5.40. The van der Waals surface area contributed by atoms with Crippen LogP contribution in [0.15, 0.2) is 0 Å². The standard InChI is InChI=1S/C10H15F3N4S/c1-2-14-6-7-4-3-5-17(7)9-15-8(16-18-9)10(11,12)13/h7,14H,2-6H2,1H3. The van der Waals surface area contributed by atoms with Gasteiger partial charge in [-0.15, -0.1) is 0 Å². The summed E-state index contributed by atoms with van der Waals surface area (Å²) in [6, 6.07) is 0.221. The van der Waals surface area contributed by atoms with Gasteiger partial charge in [0.1, 0.15) is 0 Å². The molecule has 0 radical (unpaired) electrons. The van der Waals surface area contributed by atoms with E-state index in [9.17, 15) is 13.2 Å². The van der Waals surface area contributed by atoms with Gasteiger partial charge in [-0.25, -0.2) is 0 Å². The molecule has 18 heavy (non-hydrogen) atoms. The average molecular weight is 280 g/mol. The fourth-order valence-corrected chi connectivity index (χ4v) is 2.84. The Hall–Kier alpha value is -0.890. The Morgan fingerprint density at radius 3 is 2.89 bits per heavy atom. The first kappa shape index (κ1) is 13.5. The molecule has 1 unspecified atom stereocenters. The lowest BCUT2D eigenvalue weighted by atomic mass is 10.2. The van der Waals surface area contributed by atoms with Crippen molar-refractivity contribution in [3.63, 3.8) is 0 Å². The maximum Gasteiger partial charge on any atom is 0.452 e. The van der Waals surface area contributed by atoms with Crippen molar-refractivity contribution in [3.8, 4) is 0 Å². The first-order valence-corrected chi connectivity index (χ1v) is 6.68. The van der Waals surface area contributed by atoms with Gasteiger partial charge in [-0.2, -0.15) is 22.5 Å². The van der Waals surface area contributed by atoms with Gasteiger partial charge < -0.3 is 10.2 Å². The number of alkyl halides is 3. The van der Waals surface area contributed by atoms with Crippen LogP contribution in [0.4, 0.5) is 18.3 Å². The monoisotopic (exact) mass is 280 g/mol. The molecule has 1 fully saturated rings. The number of anilines is 1. The number of aromatic nitrogens is 2. The van der Waals surface area contributed by atoms with Crippen LogP contribution in [0.1, 0.15) is 25.6 Å². The van der Waals surface area contributed by atoms with Gasteiger partial charge in [0.15, 0.2) is 0 Å². The Balaban J connectivity index is 2.08. The molecule has 4 nitrogen and oxygen atoms in total. The van der Waals surface area contributed by atoms with Crippen molar-refractivity contribution >= 4 is 16.7 Å². The van der Waals surface area contributed by atoms with Crippen LogP contribution in [-0.4, -0.2) is 35.0 Å². The van der Waals surface area contributed by atoms with E-state index in [1.165, 1.54) is 0 Å². The fourth-order valence-electron chi connectivity index (χ4n) is 2.06. The van der Waals surface area contributed by atoms with E-state index in [0.29, 0.717) is 5.13 Å². The van der Waals surface area contributed by atoms with Gasteiger partial charge in [0, 0.05) is 30.7 Å². The molecule has 1 atom stereocenters. The van der Waals surface area contributed by atoms with E-state index in [1.807, 2.05) is 11.8 Å². The number of hydrogen-bond donors (Lipinski definition) is 1. The third-order valence-electron chi connectivity index (χ3n) is 2.92. The number of halogens is 3. The van der Waals surface area contributed by atoms with Crippen LogP contribution in [0, 0.1) is 0 Å². The fraction of sp³-hybridized carbons (Fsp3) is 0.800. The quantitative estimate of drug-likeness (QED) is 0.917. The average Bonchev–Trinajstić information content (AvgIpc) is 2.93. The molecule has 1 saturated heterocycles. The van der Waals surface area contributed by atoms with Crippen molar-refractivity contribution in [1.82, 2.24) is 14.7 Å². The number of hydrogen-bond acceptors (Lipinski definition) is 5. The summed E-state index contributed by atoms with van der Waals surface area (Å²) in [6.07, 6.45) is -2.49. The van der Waals surface area contributed by atoms with Crippen LogP contribution in [0.3, 0.4) is 0 Å². The molecule has 1 aromatic heterocycles. The van der Waals surface area contributed by atoms with Crippen LogP contribution in [0.2, 0.25) is 0 Å². The zero-order valence-corrected chi connectivity index (χ0v) is 10.8. The number of likely N-dealkylation sites (N-methyl/N-ethyl adjacent to an activating group) is 1. The van der Waals surface area contributed by atoms with Crippen LogP contribution in [0.5, 0.6) is 0 Å². The third kappa shape index (κ3) is 2.92. The molecule has 1 N–H and O–H groups in total. The molecule has 1 aliphatic heterocycles. The minimum atomic E-state index is -4.45. The van der Waals surface area contributed by atoms with Gasteiger partial charge in [0.05, 0.1) is 0 Å². The molecule has 0 saturated carbocycles. The predicted octanol–water partition coefficient (Wildman–Crippen LogP) is 2.14. The molecule has 0 bridgehead atoms. The highest BCUT2D eigenvalue weighted by atomic mass is 32.1. The van der Waals surface area contributed by atoms with E-state index in [4.69, 9.17) is 0 Å². The first-order valence-electron chi connectivity index (χ1n) is 5.90. The molecule has 2 heterocycles. The summed E-state index contributed by atoms with van der Waals surface area (Å²) >= 11 is 0.828. The molecule has 102 valence electrons. The smallest absolute Gasteiger partial charge is 0.343 e. The highest BCUT2D eigenvalue weighted by Crippen LogP contribution is 2.32. The van der Waals surface area contributed by atoms with Gasteiger partial charge in [0.25, 0.3) is 0 Å². The maximum atomic E-state index is 12.4. The molecule has 2 rings (SSSR count). The number of nitrogens with one attached hydrogen (secondary N) is 1. The summed E-state index contributed by atoms with van der Waals surface area (Å²) in [4.78, 5) is 5.53. The molecular formula is C10H15F3N4S. The minimum absolute atomic E-state index is 0.221. The number of rotatable bonds is 4. The largest absolute Gasteiger partial charge is 0.452 e. The zero-order valence-electron chi connectivity index (χ0n) is 10.00. The van der Waals surface area contributed by atoms with Crippen LogP contribution >= 0.6 is 11.5 Å². The lowest BCUT2D eigenvalue weighted by Crippen LogP contribution is -2.37. The molecule has 1 aromatic rings. The Kier molecular flexibility index (Phi) is 4.06. The summed E-state index contributed by atoms with van der Waals surface area (Å²) in [5.74, 6) is -1.03. The third-order valence-corrected chi connectivity index (χ3v) is 3.67. The van der Waals surface area contributed by atoms with Crippen molar-refractivity contribution in [2.24, 2.45) is 0 Å². The van der Waals surface area contributed by atoms with Gasteiger partial charge in [-0.1, -0.05) is 6.92 Å². The predicted molar refractivity (Wildman–Crippen MR) is 63.8 cm³/mol. The second-order valence-electron chi connectivity index (χ2n) is 4.20. The highest BCUT2D eigenvalue weighted by molar-refractivity contribution is 7.09. The lowest BCUT2D eigenvalue weighted by molar-refractivity contribution is -0.144. The summed E-state index contributed by atoms with van der Waals surface area (Å²) in [5, 5.41) is 3.60. The summed E-state index contributed by atoms with van der Waals surface area (Å²) in [7, 11) is 0. The van der Waals surface area contributed by atoms with Crippen LogP contribution in [-0.2, 0) is 6.18 Å². The van der Waals surface area contributed by atoms with Crippen LogP contribution in [0.25, 0.3) is 0 Å². The number of nitrogens with zero attached hydrogens (tertiary/aromatic N) is 3. The maximum absolute atomic E-state index is 12.4. The topological polar surface area (TPSA) is 41.0 Å². The molecule has 0 aromatic carbocycles. The Labute approximate surface area is 107 Å². The van der Waals surface area contributed by atoms with Crippen molar-refractivity contribution < 1.29 is 13.2 Å². The normalized spacial score (nSPS) is 20.7. The van der Waals surface area contributed by atoms with Crippen molar-refractivity contribution in [3.05, 3.63) is 5.82 Å². The Morgan fingerprint density at radius 2 is 2.28 bits per heavy atom. The molecule has 8 heteroatoms. The van der Waals surface area contributed by atoms with Crippen molar-refractivity contribution in [2.75, 3.05) is 24.5 Å². The van der Waals surface area contributed by atoms with Crippen molar-refractivity contribution in [2.45, 2.75) is 32.0 Å². The van der Waals surface area contributed by atoms with E-state index < -0.39 is 12.0 Å². The summed E-state index contributed by atoms with van der Waals surface area (Å²) < 4.78 is 40.7. The van der Waals surface area contributed by atoms with Crippen molar-refractivity contribution in [1.29, 1.82) is 0 Å². The van der Waals surface area contributed by atoms with E-state index in [-0.39, 0.29) is 6.04 Å². The second-order valence-corrected chi connectivity index (χ2v) is 4.93. The van der Waals surface area contributed by atoms with Gasteiger partial charge in [-0.3, -0.25) is 0 Å². The minimum Gasteiger partial charge on any atom is -0.343 e. The van der Waals surface area contributed by atoms with Gasteiger partial charge in [0.2, 0.25) is 11.0 Å². The van der Waals surface area contributed by atoms with E-state index in [0.717, 1.165) is 44.0 Å². The Bertz CT molecular complexity index is 393. The molecule has 0 spiro atoms. The molecular weight excluding hydrogens is 265 g/mol. The van der Waals surface area contributed by atoms with E-state index in [2.05, 4.69) is 14.7 Å². The van der Waals surface area contributed by atoms with Gasteiger partial charge in [-0.05, 0) is 19.4 Å². The van der Waals surface area contributed by atoms with E-state index >= 15 is 0 Å². The summed E-state index contributed by atoms with van der Waals surface area (Å²) in [5.41, 5.74) is 0. The van der Waals surface area contributed by atoms with Crippen LogP contribution < -0.4 is 10.2 Å². The molecule has 0 amide bonds. The summed E-state index contributed by atoms with van der Waals surface area (Å²) in [6.45, 7) is 4.39.